The first kappa shape index (κ1) is 11.9. The number of aryl methyl sites for hydroxylation is 1. The van der Waals surface area contributed by atoms with Crippen LogP contribution >= 0.6 is 12.6 Å². The molecule has 0 atom stereocenters. The molecule has 0 spiro atoms. The van der Waals surface area contributed by atoms with Gasteiger partial charge in [-0.25, -0.2) is 0 Å². The summed E-state index contributed by atoms with van der Waals surface area (Å²) in [4.78, 5) is 10.6. The highest BCUT2D eigenvalue weighted by Crippen LogP contribution is 2.19. The van der Waals surface area contributed by atoms with Crippen molar-refractivity contribution >= 4 is 17.9 Å². The molecule has 1 aromatic rings. The van der Waals surface area contributed by atoms with Crippen LogP contribution in [0.3, 0.4) is 0 Å². The molecular weight excluding hydrogens is 210 g/mol. The first-order valence-electron chi connectivity index (χ1n) is 4.74. The van der Waals surface area contributed by atoms with Crippen LogP contribution < -0.4 is 10.1 Å². The van der Waals surface area contributed by atoms with E-state index in [-0.39, 0.29) is 5.24 Å². The topological polar surface area (TPSA) is 38.3 Å². The Morgan fingerprint density at radius 1 is 1.53 bits per heavy atom. The normalized spacial score (nSPS) is 9.80. The number of hydrogen-bond acceptors (Lipinski definition) is 2. The summed E-state index contributed by atoms with van der Waals surface area (Å²) in [5.74, 6) is 0.856. The molecule has 0 saturated carbocycles. The van der Waals surface area contributed by atoms with Crippen LogP contribution in [-0.2, 0) is 6.42 Å². The number of hydrogen-bond donors (Lipinski definition) is 2. The number of nitrogens with one attached hydrogen (secondary N) is 1. The summed E-state index contributed by atoms with van der Waals surface area (Å²) in [6.45, 7) is 2.60. The average Bonchev–Trinajstić information content (AvgIpc) is 2.17. The first-order chi connectivity index (χ1) is 7.13. The van der Waals surface area contributed by atoms with Crippen molar-refractivity contribution in [2.75, 3.05) is 13.7 Å². The van der Waals surface area contributed by atoms with Gasteiger partial charge < -0.3 is 10.1 Å². The Kier molecular flexibility index (Phi) is 4.49. The molecule has 0 fully saturated rings. The highest BCUT2D eigenvalue weighted by atomic mass is 32.1. The number of carbonyl (C=O) groups excluding carboxylic acids is 1. The van der Waals surface area contributed by atoms with E-state index in [4.69, 9.17) is 4.74 Å². The largest absolute Gasteiger partial charge is 0.496 e. The van der Waals surface area contributed by atoms with Crippen molar-refractivity contribution in [3.63, 3.8) is 0 Å². The van der Waals surface area contributed by atoms with Crippen molar-refractivity contribution in [1.29, 1.82) is 0 Å². The Morgan fingerprint density at radius 2 is 2.27 bits per heavy atom. The van der Waals surface area contributed by atoms with Gasteiger partial charge in [-0.05, 0) is 25.0 Å². The number of ether oxygens (including phenoxy) is 1. The van der Waals surface area contributed by atoms with Crippen molar-refractivity contribution in [2.45, 2.75) is 13.3 Å². The van der Waals surface area contributed by atoms with E-state index in [1.165, 1.54) is 5.56 Å². The van der Waals surface area contributed by atoms with Gasteiger partial charge in [-0.3, -0.25) is 4.79 Å². The molecule has 1 amide bonds. The molecule has 15 heavy (non-hydrogen) atoms. The molecule has 0 bridgehead atoms. The average molecular weight is 225 g/mol. The zero-order valence-electron chi connectivity index (χ0n) is 8.91. The van der Waals surface area contributed by atoms with Crippen LogP contribution in [0.5, 0.6) is 5.75 Å². The van der Waals surface area contributed by atoms with Crippen LogP contribution in [0, 0.1) is 6.92 Å². The lowest BCUT2D eigenvalue weighted by Gasteiger charge is -2.09. The van der Waals surface area contributed by atoms with E-state index in [0.717, 1.165) is 17.7 Å². The summed E-state index contributed by atoms with van der Waals surface area (Å²) in [6.07, 6.45) is 0.747. The monoisotopic (exact) mass is 225 g/mol. The first-order valence-corrected chi connectivity index (χ1v) is 5.18. The Bertz CT molecular complexity index is 352. The molecule has 1 rings (SSSR count). The molecule has 4 heteroatoms. The number of thiol groups is 1. The molecule has 0 heterocycles. The van der Waals surface area contributed by atoms with Crippen LogP contribution in [0.15, 0.2) is 18.2 Å². The zero-order chi connectivity index (χ0) is 11.3. The third kappa shape index (κ3) is 3.83. The van der Waals surface area contributed by atoms with Gasteiger partial charge in [0.05, 0.1) is 7.11 Å². The van der Waals surface area contributed by atoms with E-state index in [9.17, 15) is 4.79 Å². The quantitative estimate of drug-likeness (QED) is 0.771. The Balaban J connectivity index is 2.65. The lowest BCUT2D eigenvalue weighted by atomic mass is 10.1. The maximum atomic E-state index is 10.6. The number of carbonyl (C=O) groups is 1. The van der Waals surface area contributed by atoms with E-state index < -0.39 is 0 Å². The fraction of sp³-hybridized carbons (Fsp3) is 0.364. The third-order valence-corrected chi connectivity index (χ3v) is 2.26. The predicted molar refractivity (Wildman–Crippen MR) is 63.8 cm³/mol. The summed E-state index contributed by atoms with van der Waals surface area (Å²) in [7, 11) is 1.64. The summed E-state index contributed by atoms with van der Waals surface area (Å²) in [5.41, 5.74) is 2.28. The minimum absolute atomic E-state index is 0.304. The van der Waals surface area contributed by atoms with Crippen molar-refractivity contribution in [1.82, 2.24) is 5.32 Å². The molecule has 1 aromatic carbocycles. The van der Waals surface area contributed by atoms with Gasteiger partial charge in [0.2, 0.25) is 0 Å². The standard InChI is InChI=1S/C11H15NO2S/c1-8-3-4-10(14-2)9(7-8)5-6-12-11(13)15/h3-4,7H,5-6H2,1-2H3,(H2,12,13,15). The molecule has 1 N–H and O–H groups in total. The smallest absolute Gasteiger partial charge is 0.275 e. The number of methoxy groups -OCH3 is 1. The van der Waals surface area contributed by atoms with Gasteiger partial charge in [0.25, 0.3) is 5.24 Å². The molecule has 0 aliphatic heterocycles. The lowest BCUT2D eigenvalue weighted by molar-refractivity contribution is 0.261. The van der Waals surface area contributed by atoms with Crippen LogP contribution in [0.4, 0.5) is 4.79 Å². The van der Waals surface area contributed by atoms with Gasteiger partial charge in [-0.2, -0.15) is 0 Å². The van der Waals surface area contributed by atoms with E-state index in [1.807, 2.05) is 19.1 Å². The van der Waals surface area contributed by atoms with Gasteiger partial charge >= 0.3 is 0 Å². The maximum absolute atomic E-state index is 10.6. The molecule has 0 unspecified atom stereocenters. The van der Waals surface area contributed by atoms with Gasteiger partial charge in [0.15, 0.2) is 0 Å². The lowest BCUT2D eigenvalue weighted by Crippen LogP contribution is -2.19. The van der Waals surface area contributed by atoms with Crippen LogP contribution in [0.1, 0.15) is 11.1 Å². The summed E-state index contributed by atoms with van der Waals surface area (Å²) >= 11 is 3.63. The maximum Gasteiger partial charge on any atom is 0.275 e. The number of benzene rings is 1. The number of rotatable bonds is 4. The summed E-state index contributed by atoms with van der Waals surface area (Å²) < 4.78 is 5.23. The molecule has 0 aliphatic rings. The van der Waals surface area contributed by atoms with Gasteiger partial charge in [0.1, 0.15) is 5.75 Å². The van der Waals surface area contributed by atoms with Crippen LogP contribution in [-0.4, -0.2) is 18.9 Å². The van der Waals surface area contributed by atoms with E-state index in [2.05, 4.69) is 24.0 Å². The van der Waals surface area contributed by atoms with Crippen molar-refractivity contribution < 1.29 is 9.53 Å². The molecule has 3 nitrogen and oxygen atoms in total. The van der Waals surface area contributed by atoms with Crippen molar-refractivity contribution in [2.24, 2.45) is 0 Å². The van der Waals surface area contributed by atoms with Gasteiger partial charge in [-0.1, -0.05) is 30.3 Å². The second-order valence-electron chi connectivity index (χ2n) is 3.30. The molecular formula is C11H15NO2S. The molecule has 0 aliphatic carbocycles. The minimum atomic E-state index is -0.304. The van der Waals surface area contributed by atoms with E-state index in [0.29, 0.717) is 6.54 Å². The van der Waals surface area contributed by atoms with Crippen molar-refractivity contribution in [3.05, 3.63) is 29.3 Å². The molecule has 0 saturated heterocycles. The predicted octanol–water partition coefficient (Wildman–Crippen LogP) is 2.19. The molecule has 0 radical (unpaired) electrons. The fourth-order valence-corrected chi connectivity index (χ4v) is 1.52. The Labute approximate surface area is 95.2 Å². The Hall–Kier alpha value is -1.16. The second-order valence-corrected chi connectivity index (χ2v) is 3.70. The highest BCUT2D eigenvalue weighted by Gasteiger charge is 2.03. The SMILES string of the molecule is COc1ccc(C)cc1CCNC(=O)S. The second kappa shape index (κ2) is 5.66. The molecule has 0 aromatic heterocycles. The highest BCUT2D eigenvalue weighted by molar-refractivity contribution is 7.96. The minimum Gasteiger partial charge on any atom is -0.496 e. The van der Waals surface area contributed by atoms with E-state index >= 15 is 0 Å². The summed E-state index contributed by atoms with van der Waals surface area (Å²) in [5, 5.41) is 2.33. The molecule has 82 valence electrons. The zero-order valence-corrected chi connectivity index (χ0v) is 9.80. The summed E-state index contributed by atoms with van der Waals surface area (Å²) in [6, 6.07) is 6.00. The Morgan fingerprint density at radius 3 is 2.87 bits per heavy atom. The van der Waals surface area contributed by atoms with Crippen molar-refractivity contribution in [3.8, 4) is 5.75 Å². The third-order valence-electron chi connectivity index (χ3n) is 2.11. The van der Waals surface area contributed by atoms with Crippen LogP contribution in [0.2, 0.25) is 0 Å². The number of amides is 1. The van der Waals surface area contributed by atoms with Gasteiger partial charge in [0, 0.05) is 6.54 Å². The van der Waals surface area contributed by atoms with Gasteiger partial charge in [-0.15, -0.1) is 0 Å². The van der Waals surface area contributed by atoms with Crippen LogP contribution in [0.25, 0.3) is 0 Å². The van der Waals surface area contributed by atoms with E-state index in [1.54, 1.807) is 7.11 Å². The fourth-order valence-electron chi connectivity index (χ4n) is 1.41.